The second-order valence-corrected chi connectivity index (χ2v) is 6.08. The summed E-state index contributed by atoms with van der Waals surface area (Å²) >= 11 is 0. The van der Waals surface area contributed by atoms with Gasteiger partial charge in [0.2, 0.25) is 0 Å². The molecule has 2 aromatic carbocycles. The van der Waals surface area contributed by atoms with Crippen molar-refractivity contribution in [2.45, 2.75) is 18.9 Å². The Balaban J connectivity index is 1.91. The topological polar surface area (TPSA) is 29.5 Å². The van der Waals surface area contributed by atoms with Gasteiger partial charge in [0.25, 0.3) is 0 Å². The fraction of sp³-hybridized carbons (Fsp3) is 0.350. The van der Waals surface area contributed by atoms with Crippen LogP contribution in [0, 0.1) is 5.92 Å². The largest absolute Gasteiger partial charge is 0.469 e. The molecule has 0 spiro atoms. The number of esters is 1. The number of hydrogen-bond acceptors (Lipinski definition) is 3. The van der Waals surface area contributed by atoms with E-state index in [0.717, 1.165) is 25.9 Å². The number of ether oxygens (including phenoxy) is 1. The molecule has 1 aliphatic rings. The molecule has 1 aliphatic heterocycles. The SMILES string of the molecule is COC(=O)C1CCCN(C(c2ccccc2)c2ccccc2)C1. The molecule has 23 heavy (non-hydrogen) atoms. The van der Waals surface area contributed by atoms with Crippen LogP contribution in [0.5, 0.6) is 0 Å². The maximum absolute atomic E-state index is 12.0. The second-order valence-electron chi connectivity index (χ2n) is 6.08. The van der Waals surface area contributed by atoms with Crippen molar-refractivity contribution < 1.29 is 9.53 Å². The summed E-state index contributed by atoms with van der Waals surface area (Å²) in [6.45, 7) is 1.75. The van der Waals surface area contributed by atoms with Crippen molar-refractivity contribution in [3.05, 3.63) is 71.8 Å². The van der Waals surface area contributed by atoms with Gasteiger partial charge in [0, 0.05) is 6.54 Å². The Bertz CT molecular complexity index is 587. The third-order valence-electron chi connectivity index (χ3n) is 4.58. The Morgan fingerprint density at radius 3 is 2.13 bits per heavy atom. The van der Waals surface area contributed by atoms with Gasteiger partial charge in [-0.1, -0.05) is 60.7 Å². The zero-order valence-corrected chi connectivity index (χ0v) is 13.5. The number of benzene rings is 2. The van der Waals surface area contributed by atoms with Crippen LogP contribution in [0.4, 0.5) is 0 Å². The Labute approximate surface area is 137 Å². The van der Waals surface area contributed by atoms with Crippen molar-refractivity contribution in [3.8, 4) is 0 Å². The van der Waals surface area contributed by atoms with E-state index in [-0.39, 0.29) is 17.9 Å². The van der Waals surface area contributed by atoms with Crippen LogP contribution >= 0.6 is 0 Å². The Hall–Kier alpha value is -2.13. The summed E-state index contributed by atoms with van der Waals surface area (Å²) in [5, 5.41) is 0. The molecule has 3 rings (SSSR count). The van der Waals surface area contributed by atoms with Gasteiger partial charge < -0.3 is 4.74 Å². The normalized spacial score (nSPS) is 18.8. The smallest absolute Gasteiger partial charge is 0.309 e. The van der Waals surface area contributed by atoms with Crippen LogP contribution in [0.2, 0.25) is 0 Å². The average molecular weight is 309 g/mol. The molecular formula is C20H23NO2. The number of rotatable bonds is 4. The van der Waals surface area contributed by atoms with E-state index in [4.69, 9.17) is 4.74 Å². The molecule has 1 fully saturated rings. The lowest BCUT2D eigenvalue weighted by Gasteiger charge is -2.38. The van der Waals surface area contributed by atoms with Crippen LogP contribution in [0.3, 0.4) is 0 Å². The number of hydrogen-bond donors (Lipinski definition) is 0. The summed E-state index contributed by atoms with van der Waals surface area (Å²) in [4.78, 5) is 14.4. The minimum Gasteiger partial charge on any atom is -0.469 e. The van der Waals surface area contributed by atoms with Crippen molar-refractivity contribution in [1.29, 1.82) is 0 Å². The molecule has 3 nitrogen and oxygen atoms in total. The van der Waals surface area contributed by atoms with Gasteiger partial charge in [0.15, 0.2) is 0 Å². The van der Waals surface area contributed by atoms with Gasteiger partial charge in [-0.25, -0.2) is 0 Å². The standard InChI is InChI=1S/C20H23NO2/c1-23-20(22)18-13-8-14-21(15-18)19(16-9-4-2-5-10-16)17-11-6-3-7-12-17/h2-7,9-12,18-19H,8,13-15H2,1H3. The molecule has 0 aromatic heterocycles. The predicted octanol–water partition coefficient (Wildman–Crippen LogP) is 3.66. The maximum atomic E-state index is 12.0. The zero-order valence-electron chi connectivity index (χ0n) is 13.5. The van der Waals surface area contributed by atoms with Gasteiger partial charge in [-0.15, -0.1) is 0 Å². The first kappa shape index (κ1) is 15.8. The molecule has 0 bridgehead atoms. The van der Waals surface area contributed by atoms with Gasteiger partial charge in [-0.2, -0.15) is 0 Å². The average Bonchev–Trinajstić information content (AvgIpc) is 2.63. The first-order valence-corrected chi connectivity index (χ1v) is 8.21. The maximum Gasteiger partial charge on any atom is 0.309 e. The van der Waals surface area contributed by atoms with E-state index in [9.17, 15) is 4.79 Å². The highest BCUT2D eigenvalue weighted by Gasteiger charge is 2.31. The third-order valence-corrected chi connectivity index (χ3v) is 4.58. The van der Waals surface area contributed by atoms with Gasteiger partial charge in [-0.05, 0) is 30.5 Å². The predicted molar refractivity (Wildman–Crippen MR) is 91.0 cm³/mol. The van der Waals surface area contributed by atoms with E-state index in [1.807, 2.05) is 12.1 Å². The number of piperidine rings is 1. The molecule has 0 radical (unpaired) electrons. The quantitative estimate of drug-likeness (QED) is 0.807. The molecule has 0 saturated carbocycles. The van der Waals surface area contributed by atoms with E-state index >= 15 is 0 Å². The number of likely N-dealkylation sites (tertiary alicyclic amines) is 1. The minimum absolute atomic E-state index is 0.0244. The lowest BCUT2D eigenvalue weighted by Crippen LogP contribution is -2.41. The van der Waals surface area contributed by atoms with E-state index in [0.29, 0.717) is 0 Å². The van der Waals surface area contributed by atoms with Gasteiger partial charge >= 0.3 is 5.97 Å². The first-order chi connectivity index (χ1) is 11.3. The summed E-state index contributed by atoms with van der Waals surface area (Å²) < 4.78 is 4.96. The van der Waals surface area contributed by atoms with Crippen LogP contribution < -0.4 is 0 Å². The molecule has 2 aromatic rings. The van der Waals surface area contributed by atoms with Gasteiger partial charge in [-0.3, -0.25) is 9.69 Å². The monoisotopic (exact) mass is 309 g/mol. The Kier molecular flexibility index (Phi) is 5.09. The number of nitrogens with zero attached hydrogens (tertiary/aromatic N) is 1. The molecular weight excluding hydrogens is 286 g/mol. The summed E-state index contributed by atoms with van der Waals surface area (Å²) in [7, 11) is 1.48. The highest BCUT2D eigenvalue weighted by molar-refractivity contribution is 5.72. The van der Waals surface area contributed by atoms with Crippen molar-refractivity contribution >= 4 is 5.97 Å². The number of carbonyl (C=O) groups is 1. The summed E-state index contributed by atoms with van der Waals surface area (Å²) in [5.41, 5.74) is 2.54. The van der Waals surface area contributed by atoms with Crippen LogP contribution in [0.25, 0.3) is 0 Å². The molecule has 1 atom stereocenters. The third kappa shape index (κ3) is 3.62. The molecule has 1 unspecified atom stereocenters. The van der Waals surface area contributed by atoms with Crippen LogP contribution in [0.1, 0.15) is 30.0 Å². The Morgan fingerprint density at radius 2 is 1.61 bits per heavy atom. The lowest BCUT2D eigenvalue weighted by atomic mass is 9.91. The van der Waals surface area contributed by atoms with Crippen molar-refractivity contribution in [3.63, 3.8) is 0 Å². The highest BCUT2D eigenvalue weighted by Crippen LogP contribution is 2.32. The molecule has 120 valence electrons. The van der Waals surface area contributed by atoms with E-state index < -0.39 is 0 Å². The minimum atomic E-state index is -0.0884. The Morgan fingerprint density at radius 1 is 1.04 bits per heavy atom. The number of carbonyl (C=O) groups excluding carboxylic acids is 1. The van der Waals surface area contributed by atoms with Gasteiger partial charge in [0.1, 0.15) is 0 Å². The zero-order chi connectivity index (χ0) is 16.1. The van der Waals surface area contributed by atoms with E-state index in [1.54, 1.807) is 0 Å². The fourth-order valence-corrected chi connectivity index (χ4v) is 3.48. The molecule has 0 aliphatic carbocycles. The van der Waals surface area contributed by atoms with Crippen molar-refractivity contribution in [2.75, 3.05) is 20.2 Å². The first-order valence-electron chi connectivity index (χ1n) is 8.21. The summed E-state index contributed by atoms with van der Waals surface area (Å²) in [6.07, 6.45) is 1.94. The van der Waals surface area contributed by atoms with Crippen LogP contribution in [-0.2, 0) is 9.53 Å². The van der Waals surface area contributed by atoms with Crippen LogP contribution in [-0.4, -0.2) is 31.1 Å². The lowest BCUT2D eigenvalue weighted by molar-refractivity contribution is -0.147. The molecule has 3 heteroatoms. The molecule has 1 heterocycles. The van der Waals surface area contributed by atoms with Gasteiger partial charge in [0.05, 0.1) is 19.1 Å². The van der Waals surface area contributed by atoms with Crippen molar-refractivity contribution in [1.82, 2.24) is 4.90 Å². The van der Waals surface area contributed by atoms with Crippen LogP contribution in [0.15, 0.2) is 60.7 Å². The number of methoxy groups -OCH3 is 1. The fourth-order valence-electron chi connectivity index (χ4n) is 3.48. The molecule has 0 amide bonds. The highest BCUT2D eigenvalue weighted by atomic mass is 16.5. The summed E-state index contributed by atoms with van der Waals surface area (Å²) in [6, 6.07) is 21.2. The molecule has 0 N–H and O–H groups in total. The summed E-state index contributed by atoms with van der Waals surface area (Å²) in [5.74, 6) is -0.113. The van der Waals surface area contributed by atoms with E-state index in [1.165, 1.54) is 18.2 Å². The van der Waals surface area contributed by atoms with E-state index in [2.05, 4.69) is 53.4 Å². The molecule has 1 saturated heterocycles. The second kappa shape index (κ2) is 7.42. The van der Waals surface area contributed by atoms with Crippen molar-refractivity contribution in [2.24, 2.45) is 5.92 Å².